The molecule has 0 amide bonds. The molecule has 0 aromatic heterocycles. The third-order valence-electron chi connectivity index (χ3n) is 3.08. The molecule has 1 aliphatic heterocycles. The Morgan fingerprint density at radius 2 is 2.31 bits per heavy atom. The number of nitrogens with two attached hydrogens (primary N) is 1. The number of rotatable bonds is 2. The Morgan fingerprint density at radius 3 is 2.94 bits per heavy atom. The Kier molecular flexibility index (Phi) is 3.62. The molecule has 4 heteroatoms. The molecule has 1 aromatic rings. The van der Waals surface area contributed by atoms with Crippen LogP contribution in [0, 0.1) is 11.7 Å². The molecule has 3 atom stereocenters. The fraction of sp³-hybridized carbons (Fsp3) is 0.500. The smallest absolute Gasteiger partial charge is 0.142 e. The zero-order valence-corrected chi connectivity index (χ0v) is 10.7. The predicted molar refractivity (Wildman–Crippen MR) is 64.5 cm³/mol. The lowest BCUT2D eigenvalue weighted by atomic mass is 9.91. The van der Waals surface area contributed by atoms with Crippen LogP contribution >= 0.6 is 15.9 Å². The Balaban J connectivity index is 2.20. The van der Waals surface area contributed by atoms with E-state index in [-0.39, 0.29) is 23.9 Å². The average Bonchev–Trinajstić information content (AvgIpc) is 2.68. The van der Waals surface area contributed by atoms with Gasteiger partial charge >= 0.3 is 0 Å². The first-order chi connectivity index (χ1) is 7.59. The van der Waals surface area contributed by atoms with Crippen LogP contribution < -0.4 is 5.73 Å². The first kappa shape index (κ1) is 12.0. The molecular formula is C12H15BrFNO. The van der Waals surface area contributed by atoms with Gasteiger partial charge in [-0.05, 0) is 35.3 Å². The van der Waals surface area contributed by atoms with Gasteiger partial charge in [-0.3, -0.25) is 0 Å². The van der Waals surface area contributed by atoms with Crippen LogP contribution in [0.4, 0.5) is 4.39 Å². The summed E-state index contributed by atoms with van der Waals surface area (Å²) in [6.07, 6.45) is 1.12. The third kappa shape index (κ3) is 2.29. The Hall–Kier alpha value is -0.450. The minimum atomic E-state index is -0.289. The summed E-state index contributed by atoms with van der Waals surface area (Å²) in [4.78, 5) is 0. The van der Waals surface area contributed by atoms with Crippen LogP contribution in [0.25, 0.3) is 0 Å². The molecular weight excluding hydrogens is 273 g/mol. The Bertz CT molecular complexity index is 385. The maximum absolute atomic E-state index is 13.8. The van der Waals surface area contributed by atoms with E-state index in [1.165, 1.54) is 0 Å². The van der Waals surface area contributed by atoms with E-state index in [2.05, 4.69) is 15.9 Å². The van der Waals surface area contributed by atoms with Crippen molar-refractivity contribution in [1.29, 1.82) is 0 Å². The van der Waals surface area contributed by atoms with Gasteiger partial charge in [-0.15, -0.1) is 0 Å². The van der Waals surface area contributed by atoms with E-state index in [0.717, 1.165) is 6.42 Å². The molecule has 0 saturated carbocycles. The van der Waals surface area contributed by atoms with Gasteiger partial charge in [0.15, 0.2) is 0 Å². The number of hydrogen-bond acceptors (Lipinski definition) is 2. The second kappa shape index (κ2) is 4.82. The van der Waals surface area contributed by atoms with E-state index in [1.807, 2.05) is 13.0 Å². The van der Waals surface area contributed by atoms with Gasteiger partial charge in [0.1, 0.15) is 5.82 Å². The summed E-state index contributed by atoms with van der Waals surface area (Å²) in [7, 11) is 0. The molecule has 3 unspecified atom stereocenters. The van der Waals surface area contributed by atoms with Crippen molar-refractivity contribution < 1.29 is 9.13 Å². The lowest BCUT2D eigenvalue weighted by Crippen LogP contribution is -2.23. The molecule has 1 aromatic carbocycles. The molecule has 0 radical (unpaired) electrons. The molecule has 1 heterocycles. The summed E-state index contributed by atoms with van der Waals surface area (Å²) in [5, 5.41) is 0. The summed E-state index contributed by atoms with van der Waals surface area (Å²) in [5.74, 6) is -0.0478. The van der Waals surface area contributed by atoms with Gasteiger partial charge < -0.3 is 10.5 Å². The molecule has 1 saturated heterocycles. The van der Waals surface area contributed by atoms with Gasteiger partial charge in [-0.25, -0.2) is 4.39 Å². The quantitative estimate of drug-likeness (QED) is 0.908. The van der Waals surface area contributed by atoms with Gasteiger partial charge in [0.05, 0.1) is 17.2 Å². The van der Waals surface area contributed by atoms with E-state index >= 15 is 0 Å². The van der Waals surface area contributed by atoms with Crippen molar-refractivity contribution in [2.75, 3.05) is 6.61 Å². The van der Waals surface area contributed by atoms with Gasteiger partial charge in [-0.2, -0.15) is 0 Å². The minimum absolute atomic E-state index is 0.207. The lowest BCUT2D eigenvalue weighted by molar-refractivity contribution is 0.118. The van der Waals surface area contributed by atoms with Gasteiger partial charge in [0.2, 0.25) is 0 Å². The van der Waals surface area contributed by atoms with Crippen LogP contribution in [-0.2, 0) is 4.74 Å². The first-order valence-electron chi connectivity index (χ1n) is 5.40. The largest absolute Gasteiger partial charge is 0.378 e. The van der Waals surface area contributed by atoms with Crippen molar-refractivity contribution in [1.82, 2.24) is 0 Å². The maximum atomic E-state index is 13.8. The van der Waals surface area contributed by atoms with Crippen LogP contribution in [-0.4, -0.2) is 12.7 Å². The van der Waals surface area contributed by atoms with E-state index in [0.29, 0.717) is 16.6 Å². The summed E-state index contributed by atoms with van der Waals surface area (Å²) in [6, 6.07) is 4.94. The number of halogens is 2. The second-order valence-corrected chi connectivity index (χ2v) is 5.16. The number of hydrogen-bond donors (Lipinski definition) is 1. The highest BCUT2D eigenvalue weighted by atomic mass is 79.9. The average molecular weight is 288 g/mol. The van der Waals surface area contributed by atoms with E-state index in [4.69, 9.17) is 10.5 Å². The molecule has 16 heavy (non-hydrogen) atoms. The van der Waals surface area contributed by atoms with Crippen molar-refractivity contribution in [2.45, 2.75) is 25.5 Å². The van der Waals surface area contributed by atoms with Crippen LogP contribution in [0.3, 0.4) is 0 Å². The van der Waals surface area contributed by atoms with Crippen molar-refractivity contribution >= 4 is 15.9 Å². The first-order valence-corrected chi connectivity index (χ1v) is 6.20. The van der Waals surface area contributed by atoms with Crippen LogP contribution in [0.1, 0.15) is 24.9 Å². The monoisotopic (exact) mass is 287 g/mol. The summed E-state index contributed by atoms with van der Waals surface area (Å²) in [5.41, 5.74) is 6.66. The molecule has 0 aliphatic carbocycles. The number of benzene rings is 1. The topological polar surface area (TPSA) is 35.2 Å². The summed E-state index contributed by atoms with van der Waals surface area (Å²) >= 11 is 3.17. The minimum Gasteiger partial charge on any atom is -0.378 e. The van der Waals surface area contributed by atoms with Crippen LogP contribution in [0.15, 0.2) is 22.7 Å². The lowest BCUT2D eigenvalue weighted by Gasteiger charge is -2.19. The van der Waals surface area contributed by atoms with Crippen molar-refractivity contribution in [3.8, 4) is 0 Å². The Labute approximate surface area is 103 Å². The highest BCUT2D eigenvalue weighted by Gasteiger charge is 2.29. The van der Waals surface area contributed by atoms with Gasteiger partial charge in [0, 0.05) is 17.5 Å². The van der Waals surface area contributed by atoms with Crippen LogP contribution in [0.5, 0.6) is 0 Å². The molecule has 2 rings (SSSR count). The summed E-state index contributed by atoms with van der Waals surface area (Å²) < 4.78 is 19.8. The normalized spacial score (nSPS) is 27.0. The molecule has 1 fully saturated rings. The molecule has 1 aliphatic rings. The standard InChI is InChI=1S/C12H15BrFNO/c1-7-5-8(6-16-7)12(15)9-3-2-4-10(13)11(9)14/h2-4,7-8,12H,5-6,15H2,1H3. The predicted octanol–water partition coefficient (Wildman–Crippen LogP) is 3.01. The Morgan fingerprint density at radius 1 is 1.56 bits per heavy atom. The SMILES string of the molecule is CC1CC(C(N)c2cccc(Br)c2F)CO1. The van der Waals surface area contributed by atoms with Gasteiger partial charge in [0.25, 0.3) is 0 Å². The molecule has 2 nitrogen and oxygen atoms in total. The van der Waals surface area contributed by atoms with Gasteiger partial charge in [-0.1, -0.05) is 12.1 Å². The highest BCUT2D eigenvalue weighted by molar-refractivity contribution is 9.10. The number of ether oxygens (including phenoxy) is 1. The van der Waals surface area contributed by atoms with E-state index in [1.54, 1.807) is 12.1 Å². The molecule has 0 spiro atoms. The molecule has 2 N–H and O–H groups in total. The second-order valence-electron chi connectivity index (χ2n) is 4.31. The van der Waals surface area contributed by atoms with Crippen LogP contribution in [0.2, 0.25) is 0 Å². The fourth-order valence-electron chi connectivity index (χ4n) is 2.13. The maximum Gasteiger partial charge on any atom is 0.142 e. The summed E-state index contributed by atoms with van der Waals surface area (Å²) in [6.45, 7) is 2.64. The zero-order valence-electron chi connectivity index (χ0n) is 9.12. The zero-order chi connectivity index (χ0) is 11.7. The fourth-order valence-corrected chi connectivity index (χ4v) is 2.51. The van der Waals surface area contributed by atoms with E-state index < -0.39 is 0 Å². The van der Waals surface area contributed by atoms with Crippen molar-refractivity contribution in [3.05, 3.63) is 34.1 Å². The third-order valence-corrected chi connectivity index (χ3v) is 3.69. The molecule has 0 bridgehead atoms. The van der Waals surface area contributed by atoms with Crippen molar-refractivity contribution in [2.24, 2.45) is 11.7 Å². The van der Waals surface area contributed by atoms with Crippen molar-refractivity contribution in [3.63, 3.8) is 0 Å². The van der Waals surface area contributed by atoms with E-state index in [9.17, 15) is 4.39 Å². The highest BCUT2D eigenvalue weighted by Crippen LogP contribution is 2.32. The molecule has 88 valence electrons.